The first kappa shape index (κ1) is 8.78. The van der Waals surface area contributed by atoms with Crippen molar-refractivity contribution in [2.45, 2.75) is 19.9 Å². The molecule has 0 fully saturated rings. The van der Waals surface area contributed by atoms with Gasteiger partial charge in [0.25, 0.3) is 0 Å². The minimum Gasteiger partial charge on any atom is -0.383 e. The largest absolute Gasteiger partial charge is 0.383 e. The average Bonchev–Trinajstić information content (AvgIpc) is 2.05. The van der Waals surface area contributed by atoms with E-state index in [-0.39, 0.29) is 0 Å². The van der Waals surface area contributed by atoms with E-state index in [1.165, 1.54) is 0 Å². The fourth-order valence-electron chi connectivity index (χ4n) is 0.968. The lowest BCUT2D eigenvalue weighted by Gasteiger charge is -2.08. The highest BCUT2D eigenvalue weighted by Gasteiger charge is 1.94. The molecule has 12 heavy (non-hydrogen) atoms. The van der Waals surface area contributed by atoms with Crippen molar-refractivity contribution in [2.24, 2.45) is 0 Å². The van der Waals surface area contributed by atoms with E-state index in [1.54, 1.807) is 12.1 Å². The Morgan fingerprint density at radius 2 is 1.83 bits per heavy atom. The third-order valence-electron chi connectivity index (χ3n) is 1.46. The molecule has 0 aromatic heterocycles. The van der Waals surface area contributed by atoms with Gasteiger partial charge >= 0.3 is 0 Å². The molecule has 0 heterocycles. The predicted octanol–water partition coefficient (Wildman–Crippen LogP) is 1.96. The molecule has 0 saturated carbocycles. The maximum absolute atomic E-state index is 10.2. The van der Waals surface area contributed by atoms with Crippen molar-refractivity contribution >= 4 is 12.0 Å². The van der Waals surface area contributed by atoms with Crippen LogP contribution >= 0.6 is 0 Å². The van der Waals surface area contributed by atoms with Gasteiger partial charge in [-0.2, -0.15) is 0 Å². The molecule has 1 radical (unpaired) electrons. The summed E-state index contributed by atoms with van der Waals surface area (Å²) < 4.78 is 0. The van der Waals surface area contributed by atoms with Crippen molar-refractivity contribution in [3.8, 4) is 0 Å². The molecule has 1 aromatic rings. The molecule has 2 heteroatoms. The number of anilines is 1. The normalized spacial score (nSPS) is 9.92. The third-order valence-corrected chi connectivity index (χ3v) is 1.46. The summed E-state index contributed by atoms with van der Waals surface area (Å²) in [6.07, 6.45) is 1.83. The molecule has 0 aliphatic rings. The smallest absolute Gasteiger partial charge is 0.233 e. The van der Waals surface area contributed by atoms with E-state index in [2.05, 4.69) is 19.2 Å². The van der Waals surface area contributed by atoms with Crippen LogP contribution in [0.1, 0.15) is 19.4 Å². The maximum atomic E-state index is 10.2. The summed E-state index contributed by atoms with van der Waals surface area (Å²) in [4.78, 5) is 10.2. The molecule has 0 aliphatic carbocycles. The lowest BCUT2D eigenvalue weighted by molar-refractivity contribution is 0.563. The zero-order chi connectivity index (χ0) is 8.97. The Bertz CT molecular complexity index is 251. The van der Waals surface area contributed by atoms with Gasteiger partial charge < -0.3 is 5.32 Å². The second kappa shape index (κ2) is 3.90. The summed E-state index contributed by atoms with van der Waals surface area (Å²) in [5.74, 6) is 0. The molecule has 0 unspecified atom stereocenters. The molecule has 0 amide bonds. The first-order chi connectivity index (χ1) is 5.72. The molecule has 0 saturated heterocycles. The summed E-state index contributed by atoms with van der Waals surface area (Å²) in [5.41, 5.74) is 1.62. The number of carbonyl (C=O) groups excluding carboxylic acids is 1. The molecule has 0 aliphatic heterocycles. The second-order valence-electron chi connectivity index (χ2n) is 2.98. The zero-order valence-corrected chi connectivity index (χ0v) is 7.29. The summed E-state index contributed by atoms with van der Waals surface area (Å²) in [6.45, 7) is 4.14. The van der Waals surface area contributed by atoms with Gasteiger partial charge in [-0.05, 0) is 38.1 Å². The molecular weight excluding hydrogens is 150 g/mol. The van der Waals surface area contributed by atoms with Crippen LogP contribution in [0.5, 0.6) is 0 Å². The Labute approximate surface area is 72.6 Å². The lowest BCUT2D eigenvalue weighted by Crippen LogP contribution is -2.09. The van der Waals surface area contributed by atoms with Crippen LogP contribution in [-0.4, -0.2) is 12.3 Å². The minimum atomic E-state index is 0.413. The second-order valence-corrected chi connectivity index (χ2v) is 2.98. The molecule has 0 atom stereocenters. The molecule has 1 rings (SSSR count). The van der Waals surface area contributed by atoms with E-state index in [4.69, 9.17) is 0 Å². The highest BCUT2D eigenvalue weighted by molar-refractivity contribution is 5.76. The quantitative estimate of drug-likeness (QED) is 0.736. The van der Waals surface area contributed by atoms with Gasteiger partial charge in [-0.3, -0.25) is 4.79 Å². The summed E-state index contributed by atoms with van der Waals surface area (Å²) in [7, 11) is 0. The Kier molecular flexibility index (Phi) is 2.86. The summed E-state index contributed by atoms with van der Waals surface area (Å²) >= 11 is 0. The van der Waals surface area contributed by atoms with Crippen LogP contribution in [0.25, 0.3) is 0 Å². The number of hydrogen-bond acceptors (Lipinski definition) is 2. The van der Waals surface area contributed by atoms with E-state index < -0.39 is 0 Å². The molecular formula is C10H12NO. The first-order valence-corrected chi connectivity index (χ1v) is 3.97. The van der Waals surface area contributed by atoms with Gasteiger partial charge in [0, 0.05) is 17.3 Å². The monoisotopic (exact) mass is 162 g/mol. The zero-order valence-electron chi connectivity index (χ0n) is 7.29. The first-order valence-electron chi connectivity index (χ1n) is 3.97. The van der Waals surface area contributed by atoms with E-state index >= 15 is 0 Å². The number of hydrogen-bond donors (Lipinski definition) is 1. The van der Waals surface area contributed by atoms with Gasteiger partial charge in [0.1, 0.15) is 0 Å². The molecule has 1 aromatic carbocycles. The molecule has 2 nitrogen and oxygen atoms in total. The fourth-order valence-corrected chi connectivity index (χ4v) is 0.968. The third kappa shape index (κ3) is 2.38. The standard InChI is InChI=1S/C10H12NO/c1-8(2)11-10-5-3-9(7-12)4-6-10/h3-6,8,11H,1-2H3. The van der Waals surface area contributed by atoms with Gasteiger partial charge in [-0.15, -0.1) is 0 Å². The van der Waals surface area contributed by atoms with Crippen LogP contribution in [-0.2, 0) is 4.79 Å². The van der Waals surface area contributed by atoms with Crippen molar-refractivity contribution in [1.82, 2.24) is 0 Å². The SMILES string of the molecule is CC(C)Nc1ccc([C]=O)cc1. The predicted molar refractivity (Wildman–Crippen MR) is 50.0 cm³/mol. The van der Waals surface area contributed by atoms with Gasteiger partial charge in [0.15, 0.2) is 0 Å². The Morgan fingerprint density at radius 1 is 1.25 bits per heavy atom. The summed E-state index contributed by atoms with van der Waals surface area (Å²) in [6, 6.07) is 7.66. The highest BCUT2D eigenvalue weighted by Crippen LogP contribution is 2.08. The number of nitrogens with one attached hydrogen (secondary N) is 1. The minimum absolute atomic E-state index is 0.413. The van der Waals surface area contributed by atoms with Crippen molar-refractivity contribution in [3.63, 3.8) is 0 Å². The van der Waals surface area contributed by atoms with E-state index in [9.17, 15) is 4.79 Å². The van der Waals surface area contributed by atoms with Gasteiger partial charge in [-0.1, -0.05) is 0 Å². The van der Waals surface area contributed by atoms with Gasteiger partial charge in [0.05, 0.1) is 0 Å². The van der Waals surface area contributed by atoms with E-state index in [1.807, 2.05) is 18.4 Å². The van der Waals surface area contributed by atoms with Gasteiger partial charge in [0.2, 0.25) is 6.29 Å². The Balaban J connectivity index is 2.71. The van der Waals surface area contributed by atoms with Crippen LogP contribution in [0.3, 0.4) is 0 Å². The maximum Gasteiger partial charge on any atom is 0.233 e. The average molecular weight is 162 g/mol. The van der Waals surface area contributed by atoms with E-state index in [0.717, 1.165) is 5.69 Å². The van der Waals surface area contributed by atoms with Crippen LogP contribution < -0.4 is 5.32 Å². The van der Waals surface area contributed by atoms with Crippen molar-refractivity contribution in [2.75, 3.05) is 5.32 Å². The Hall–Kier alpha value is -1.31. The fraction of sp³-hybridized carbons (Fsp3) is 0.300. The van der Waals surface area contributed by atoms with Gasteiger partial charge in [-0.25, -0.2) is 0 Å². The number of benzene rings is 1. The highest BCUT2D eigenvalue weighted by atomic mass is 16.1. The molecule has 0 spiro atoms. The van der Waals surface area contributed by atoms with Crippen LogP contribution in [0.2, 0.25) is 0 Å². The lowest BCUT2D eigenvalue weighted by atomic mass is 10.2. The van der Waals surface area contributed by atoms with Crippen molar-refractivity contribution < 1.29 is 4.79 Å². The topological polar surface area (TPSA) is 29.1 Å². The molecule has 0 bridgehead atoms. The summed E-state index contributed by atoms with van der Waals surface area (Å²) in [5, 5.41) is 3.23. The molecule has 63 valence electrons. The molecule has 1 N–H and O–H groups in total. The van der Waals surface area contributed by atoms with Crippen LogP contribution in [0.15, 0.2) is 24.3 Å². The van der Waals surface area contributed by atoms with Crippen molar-refractivity contribution in [1.29, 1.82) is 0 Å². The van der Waals surface area contributed by atoms with E-state index in [0.29, 0.717) is 11.6 Å². The number of rotatable bonds is 3. The van der Waals surface area contributed by atoms with Crippen LogP contribution in [0.4, 0.5) is 5.69 Å². The Morgan fingerprint density at radius 3 is 2.25 bits per heavy atom. The van der Waals surface area contributed by atoms with Crippen molar-refractivity contribution in [3.05, 3.63) is 29.8 Å². The van der Waals surface area contributed by atoms with Crippen LogP contribution in [0, 0.1) is 0 Å².